The van der Waals surface area contributed by atoms with Crippen molar-refractivity contribution in [2.24, 2.45) is 5.16 Å². The molecule has 0 saturated heterocycles. The Hall–Kier alpha value is -1.56. The Balaban J connectivity index is 2.30. The van der Waals surface area contributed by atoms with Crippen LogP contribution < -0.4 is 4.72 Å². The molecular weight excluding hydrogens is 204 g/mol. The summed E-state index contributed by atoms with van der Waals surface area (Å²) >= 11 is 0. The third-order valence-corrected chi connectivity index (χ3v) is 2.49. The van der Waals surface area contributed by atoms with Crippen LogP contribution in [0.25, 0.3) is 0 Å². The number of oxime groups is 1. The van der Waals surface area contributed by atoms with Gasteiger partial charge in [0.05, 0.1) is 0 Å². The van der Waals surface area contributed by atoms with Crippen molar-refractivity contribution in [2.45, 2.75) is 6.92 Å². The van der Waals surface area contributed by atoms with Gasteiger partial charge in [0.25, 0.3) is 0 Å². The molecule has 0 bridgehead atoms. The van der Waals surface area contributed by atoms with Crippen LogP contribution >= 0.6 is 0 Å². The van der Waals surface area contributed by atoms with Crippen LogP contribution in [-0.2, 0) is 14.6 Å². The summed E-state index contributed by atoms with van der Waals surface area (Å²) in [7, 11) is -3.71. The van der Waals surface area contributed by atoms with Crippen LogP contribution in [0.15, 0.2) is 29.4 Å². The molecule has 0 fully saturated rings. The first-order valence-corrected chi connectivity index (χ1v) is 5.34. The van der Waals surface area contributed by atoms with Gasteiger partial charge < -0.3 is 0 Å². The van der Waals surface area contributed by atoms with Crippen LogP contribution in [0.5, 0.6) is 0 Å². The number of hydrogen-bond donors (Lipinski definition) is 1. The molecule has 0 aliphatic carbocycles. The van der Waals surface area contributed by atoms with Crippen LogP contribution in [0.1, 0.15) is 11.1 Å². The number of hydrogen-bond acceptors (Lipinski definition) is 4. The van der Waals surface area contributed by atoms with Crippen molar-refractivity contribution >= 4 is 16.1 Å². The zero-order chi connectivity index (χ0) is 10.2. The van der Waals surface area contributed by atoms with E-state index in [0.29, 0.717) is 5.56 Å². The monoisotopic (exact) mass is 212 g/mol. The third-order valence-electron chi connectivity index (χ3n) is 1.77. The van der Waals surface area contributed by atoms with Crippen molar-refractivity contribution in [1.29, 1.82) is 0 Å². The van der Waals surface area contributed by atoms with E-state index in [-0.39, 0.29) is 5.84 Å². The highest BCUT2D eigenvalue weighted by Gasteiger charge is 2.23. The Morgan fingerprint density at radius 1 is 1.29 bits per heavy atom. The fourth-order valence-corrected chi connectivity index (χ4v) is 1.67. The van der Waals surface area contributed by atoms with E-state index in [1.165, 1.54) is 0 Å². The Kier molecular flexibility index (Phi) is 1.92. The quantitative estimate of drug-likeness (QED) is 0.738. The molecule has 0 atom stereocenters. The maximum absolute atomic E-state index is 10.8. The summed E-state index contributed by atoms with van der Waals surface area (Å²) in [6, 6.07) is 7.27. The molecule has 1 aliphatic heterocycles. The van der Waals surface area contributed by atoms with Crippen LogP contribution in [0.4, 0.5) is 0 Å². The van der Waals surface area contributed by atoms with Gasteiger partial charge in [-0.15, -0.1) is 0 Å². The molecule has 6 heteroatoms. The van der Waals surface area contributed by atoms with Crippen molar-refractivity contribution in [1.82, 2.24) is 4.72 Å². The minimum atomic E-state index is -3.71. The number of benzene rings is 1. The van der Waals surface area contributed by atoms with Crippen molar-refractivity contribution < 1.29 is 12.7 Å². The van der Waals surface area contributed by atoms with E-state index in [4.69, 9.17) is 0 Å². The van der Waals surface area contributed by atoms with Gasteiger partial charge in [0.1, 0.15) is 0 Å². The van der Waals surface area contributed by atoms with Gasteiger partial charge in [-0.3, -0.25) is 4.28 Å². The second kappa shape index (κ2) is 2.98. The first-order chi connectivity index (χ1) is 6.57. The van der Waals surface area contributed by atoms with Gasteiger partial charge in [-0.25, -0.2) is 4.72 Å². The molecule has 1 heterocycles. The van der Waals surface area contributed by atoms with Gasteiger partial charge in [0.15, 0.2) is 5.84 Å². The molecule has 1 aromatic carbocycles. The molecule has 2 rings (SSSR count). The summed E-state index contributed by atoms with van der Waals surface area (Å²) in [4.78, 5) is 0. The van der Waals surface area contributed by atoms with Gasteiger partial charge in [-0.05, 0) is 12.1 Å². The molecule has 0 amide bonds. The highest BCUT2D eigenvalue weighted by atomic mass is 32.2. The first kappa shape index (κ1) is 9.01. The maximum atomic E-state index is 10.8. The van der Waals surface area contributed by atoms with Gasteiger partial charge >= 0.3 is 10.3 Å². The third kappa shape index (κ3) is 1.69. The molecule has 0 saturated carbocycles. The number of amidine groups is 1. The van der Waals surface area contributed by atoms with E-state index in [1.807, 2.05) is 19.1 Å². The lowest BCUT2D eigenvalue weighted by atomic mass is 10.1. The smallest absolute Gasteiger partial charge is 0.250 e. The summed E-state index contributed by atoms with van der Waals surface area (Å²) in [5.41, 5.74) is 1.77. The molecule has 0 radical (unpaired) electrons. The predicted octanol–water partition coefficient (Wildman–Crippen LogP) is 0.521. The van der Waals surface area contributed by atoms with Crippen LogP contribution in [0.3, 0.4) is 0 Å². The van der Waals surface area contributed by atoms with Crippen molar-refractivity contribution in [3.8, 4) is 0 Å². The summed E-state index contributed by atoms with van der Waals surface area (Å²) in [6.07, 6.45) is 0. The van der Waals surface area contributed by atoms with E-state index in [0.717, 1.165) is 5.56 Å². The molecule has 1 aromatic rings. The molecule has 5 nitrogen and oxygen atoms in total. The lowest BCUT2D eigenvalue weighted by Crippen LogP contribution is -2.24. The number of aryl methyl sites for hydroxylation is 1. The molecule has 0 aromatic heterocycles. The molecule has 0 spiro atoms. The predicted molar refractivity (Wildman–Crippen MR) is 50.9 cm³/mol. The van der Waals surface area contributed by atoms with Crippen molar-refractivity contribution in [3.63, 3.8) is 0 Å². The SMILES string of the molecule is Cc1ccc(C2=NOS(=O)(=O)N2)cc1. The number of nitrogens with one attached hydrogen (secondary N) is 1. The molecule has 0 unspecified atom stereocenters. The second-order valence-corrected chi connectivity index (χ2v) is 4.20. The van der Waals surface area contributed by atoms with Gasteiger partial charge in [-0.2, -0.15) is 8.42 Å². The van der Waals surface area contributed by atoms with Crippen LogP contribution in [0, 0.1) is 6.92 Å². The largest absolute Gasteiger partial charge is 0.428 e. The Morgan fingerprint density at radius 3 is 2.43 bits per heavy atom. The van der Waals surface area contributed by atoms with Crippen LogP contribution in [-0.4, -0.2) is 14.3 Å². The van der Waals surface area contributed by atoms with E-state index in [1.54, 1.807) is 12.1 Å². The van der Waals surface area contributed by atoms with Gasteiger partial charge in [0, 0.05) is 5.56 Å². The second-order valence-electron chi connectivity index (χ2n) is 2.94. The minimum absolute atomic E-state index is 0.213. The Bertz CT molecular complexity index is 476. The average Bonchev–Trinajstić information content (AvgIpc) is 2.47. The van der Waals surface area contributed by atoms with E-state index in [2.05, 4.69) is 14.2 Å². The lowest BCUT2D eigenvalue weighted by Gasteiger charge is -1.98. The highest BCUT2D eigenvalue weighted by molar-refractivity contribution is 7.85. The van der Waals surface area contributed by atoms with E-state index >= 15 is 0 Å². The lowest BCUT2D eigenvalue weighted by molar-refractivity contribution is 0.350. The maximum Gasteiger partial charge on any atom is 0.428 e. The normalized spacial score (nSPS) is 18.2. The van der Waals surface area contributed by atoms with Crippen molar-refractivity contribution in [3.05, 3.63) is 35.4 Å². The standard InChI is InChI=1S/C8H8N2O3S/c1-6-2-4-7(5-3-6)8-9-13-14(11,12)10-8/h2-5H,1H3,(H,9,10). The van der Waals surface area contributed by atoms with Gasteiger partial charge in [0.2, 0.25) is 0 Å². The summed E-state index contributed by atoms with van der Waals surface area (Å²) in [5, 5.41) is 3.41. The van der Waals surface area contributed by atoms with Gasteiger partial charge in [-0.1, -0.05) is 29.8 Å². The van der Waals surface area contributed by atoms with E-state index < -0.39 is 10.3 Å². The highest BCUT2D eigenvalue weighted by Crippen LogP contribution is 2.09. The Morgan fingerprint density at radius 2 is 1.93 bits per heavy atom. The zero-order valence-electron chi connectivity index (χ0n) is 7.39. The fourth-order valence-electron chi connectivity index (χ4n) is 1.07. The summed E-state index contributed by atoms with van der Waals surface area (Å²) < 4.78 is 28.0. The Labute approximate surface area is 81.6 Å². The summed E-state index contributed by atoms with van der Waals surface area (Å²) in [5.74, 6) is 0.213. The number of nitrogens with zero attached hydrogens (tertiary/aromatic N) is 1. The molecule has 1 N–H and O–H groups in total. The van der Waals surface area contributed by atoms with Crippen LogP contribution in [0.2, 0.25) is 0 Å². The zero-order valence-corrected chi connectivity index (χ0v) is 8.21. The molecule has 74 valence electrons. The first-order valence-electron chi connectivity index (χ1n) is 3.93. The molecule has 1 aliphatic rings. The van der Waals surface area contributed by atoms with E-state index in [9.17, 15) is 8.42 Å². The van der Waals surface area contributed by atoms with Crippen molar-refractivity contribution in [2.75, 3.05) is 0 Å². The molecular formula is C8H8N2O3S. The fraction of sp³-hybridized carbons (Fsp3) is 0.125. The number of rotatable bonds is 1. The molecule has 14 heavy (non-hydrogen) atoms. The topological polar surface area (TPSA) is 67.8 Å². The minimum Gasteiger partial charge on any atom is -0.250 e. The summed E-state index contributed by atoms with van der Waals surface area (Å²) in [6.45, 7) is 1.95. The average molecular weight is 212 g/mol.